The average molecular weight is 434 g/mol. The van der Waals surface area contributed by atoms with Gasteiger partial charge in [-0.3, -0.25) is 4.79 Å². The van der Waals surface area contributed by atoms with Gasteiger partial charge in [-0.15, -0.1) is 0 Å². The average Bonchev–Trinajstić information content (AvgIpc) is 2.88. The number of rotatable bonds is 7. The topological polar surface area (TPSA) is 52.6 Å². The van der Waals surface area contributed by atoms with Gasteiger partial charge in [-0.2, -0.15) is 0 Å². The quantitative estimate of drug-likeness (QED) is 0.145. The first-order valence-electron chi connectivity index (χ1n) is 10.5. The first-order chi connectivity index (χ1) is 16.1. The molecule has 0 fully saturated rings. The lowest BCUT2D eigenvalue weighted by Gasteiger charge is -2.08. The van der Waals surface area contributed by atoms with Crippen LogP contribution in [-0.2, 0) is 0 Å². The normalized spacial score (nSPS) is 10.7. The van der Waals surface area contributed by atoms with Crippen molar-refractivity contribution < 1.29 is 19.1 Å². The molecule has 4 aromatic carbocycles. The van der Waals surface area contributed by atoms with Crippen LogP contribution in [0.4, 0.5) is 0 Å². The van der Waals surface area contributed by atoms with E-state index in [0.717, 1.165) is 16.7 Å². The van der Waals surface area contributed by atoms with Crippen molar-refractivity contribution in [3.63, 3.8) is 0 Å². The fraction of sp³-hybridized carbons (Fsp3) is 0.0345. The third-order valence-electron chi connectivity index (χ3n) is 5.10. The van der Waals surface area contributed by atoms with Crippen molar-refractivity contribution in [2.45, 2.75) is 0 Å². The largest absolute Gasteiger partial charge is 0.496 e. The van der Waals surface area contributed by atoms with Crippen LogP contribution in [-0.4, -0.2) is 18.9 Å². The summed E-state index contributed by atoms with van der Waals surface area (Å²) in [5.74, 6) is 0.212. The van der Waals surface area contributed by atoms with Gasteiger partial charge >= 0.3 is 5.97 Å². The fourth-order valence-corrected chi connectivity index (χ4v) is 3.38. The molecule has 0 N–H and O–H groups in total. The summed E-state index contributed by atoms with van der Waals surface area (Å²) in [5, 5.41) is 0. The predicted octanol–water partition coefficient (Wildman–Crippen LogP) is 6.48. The van der Waals surface area contributed by atoms with E-state index in [0.29, 0.717) is 22.6 Å². The Bertz CT molecular complexity index is 1290. The van der Waals surface area contributed by atoms with E-state index in [-0.39, 0.29) is 5.78 Å². The molecule has 162 valence electrons. The maximum absolute atomic E-state index is 12.6. The maximum Gasteiger partial charge on any atom is 0.347 e. The summed E-state index contributed by atoms with van der Waals surface area (Å²) >= 11 is 0. The molecule has 33 heavy (non-hydrogen) atoms. The minimum absolute atomic E-state index is 0.106. The molecule has 0 heterocycles. The van der Waals surface area contributed by atoms with Crippen LogP contribution in [0.2, 0.25) is 0 Å². The van der Waals surface area contributed by atoms with Crippen molar-refractivity contribution in [3.8, 4) is 22.6 Å². The second kappa shape index (κ2) is 10.2. The number of hydrogen-bond donors (Lipinski definition) is 0. The van der Waals surface area contributed by atoms with E-state index in [1.165, 1.54) is 13.2 Å². The SMILES string of the molecule is COc1ccccc1C(=O)Oc1cccc(C=CC(=O)c2ccc(-c3ccccc3)cc2)c1. The van der Waals surface area contributed by atoms with Gasteiger partial charge in [-0.25, -0.2) is 4.79 Å². The van der Waals surface area contributed by atoms with Crippen LogP contribution in [0.3, 0.4) is 0 Å². The predicted molar refractivity (Wildman–Crippen MR) is 130 cm³/mol. The molecule has 4 aromatic rings. The molecule has 0 radical (unpaired) electrons. The molecule has 0 aromatic heterocycles. The van der Waals surface area contributed by atoms with Gasteiger partial charge in [-0.05, 0) is 47.0 Å². The van der Waals surface area contributed by atoms with E-state index >= 15 is 0 Å². The van der Waals surface area contributed by atoms with Gasteiger partial charge in [0.1, 0.15) is 17.1 Å². The minimum atomic E-state index is -0.511. The zero-order valence-corrected chi connectivity index (χ0v) is 18.1. The first kappa shape index (κ1) is 21.8. The Labute approximate surface area is 192 Å². The monoisotopic (exact) mass is 434 g/mol. The number of methoxy groups -OCH3 is 1. The molecular formula is C29H22O4. The van der Waals surface area contributed by atoms with Crippen molar-refractivity contribution >= 4 is 17.8 Å². The summed E-state index contributed by atoms with van der Waals surface area (Å²) < 4.78 is 10.7. The Morgan fingerprint density at radius 3 is 2.18 bits per heavy atom. The summed E-state index contributed by atoms with van der Waals surface area (Å²) in [6.45, 7) is 0. The molecule has 4 nitrogen and oxygen atoms in total. The summed E-state index contributed by atoms with van der Waals surface area (Å²) in [4.78, 5) is 25.1. The highest BCUT2D eigenvalue weighted by Gasteiger charge is 2.14. The highest BCUT2D eigenvalue weighted by atomic mass is 16.5. The zero-order valence-electron chi connectivity index (χ0n) is 18.1. The van der Waals surface area contributed by atoms with Crippen LogP contribution in [0.5, 0.6) is 11.5 Å². The highest BCUT2D eigenvalue weighted by Crippen LogP contribution is 2.22. The van der Waals surface area contributed by atoms with E-state index in [9.17, 15) is 9.59 Å². The molecule has 4 heteroatoms. The highest BCUT2D eigenvalue weighted by molar-refractivity contribution is 6.07. The summed E-state index contributed by atoms with van der Waals surface area (Å²) in [5.41, 5.74) is 3.85. The second-order valence-corrected chi connectivity index (χ2v) is 7.30. The van der Waals surface area contributed by atoms with Crippen LogP contribution in [0.15, 0.2) is 109 Å². The van der Waals surface area contributed by atoms with Crippen LogP contribution in [0.25, 0.3) is 17.2 Å². The Kier molecular flexibility index (Phi) is 6.76. The Balaban J connectivity index is 1.44. The van der Waals surface area contributed by atoms with E-state index in [4.69, 9.17) is 9.47 Å². The van der Waals surface area contributed by atoms with Gasteiger partial charge in [0.15, 0.2) is 5.78 Å². The number of ketones is 1. The Hall–Kier alpha value is -4.44. The van der Waals surface area contributed by atoms with Crippen molar-refractivity contribution in [1.82, 2.24) is 0 Å². The lowest BCUT2D eigenvalue weighted by Crippen LogP contribution is -2.10. The number of para-hydroxylation sites is 1. The van der Waals surface area contributed by atoms with Gasteiger partial charge in [0, 0.05) is 5.56 Å². The Morgan fingerprint density at radius 2 is 1.42 bits per heavy atom. The van der Waals surface area contributed by atoms with Gasteiger partial charge in [0.05, 0.1) is 7.11 Å². The molecular weight excluding hydrogens is 412 g/mol. The smallest absolute Gasteiger partial charge is 0.347 e. The van der Waals surface area contributed by atoms with Crippen molar-refractivity contribution in [1.29, 1.82) is 0 Å². The lowest BCUT2D eigenvalue weighted by molar-refractivity contribution is 0.0731. The van der Waals surface area contributed by atoms with Crippen LogP contribution in [0, 0.1) is 0 Å². The number of ether oxygens (including phenoxy) is 2. The molecule has 0 aliphatic heterocycles. The maximum atomic E-state index is 12.6. The van der Waals surface area contributed by atoms with E-state index in [2.05, 4.69) is 0 Å². The molecule has 0 amide bonds. The van der Waals surface area contributed by atoms with Gasteiger partial charge in [0.25, 0.3) is 0 Å². The first-order valence-corrected chi connectivity index (χ1v) is 10.5. The number of allylic oxidation sites excluding steroid dienone is 1. The van der Waals surface area contributed by atoms with Gasteiger partial charge in [-0.1, -0.05) is 84.9 Å². The number of benzene rings is 4. The number of esters is 1. The fourth-order valence-electron chi connectivity index (χ4n) is 3.38. The molecule has 0 atom stereocenters. The van der Waals surface area contributed by atoms with Crippen LogP contribution < -0.4 is 9.47 Å². The molecule has 4 rings (SSSR count). The van der Waals surface area contributed by atoms with E-state index in [1.54, 1.807) is 48.5 Å². The second-order valence-electron chi connectivity index (χ2n) is 7.30. The van der Waals surface area contributed by atoms with Gasteiger partial charge in [0.2, 0.25) is 0 Å². The molecule has 0 aliphatic rings. The van der Waals surface area contributed by atoms with Gasteiger partial charge < -0.3 is 9.47 Å². The Morgan fingerprint density at radius 1 is 0.727 bits per heavy atom. The third kappa shape index (κ3) is 5.43. The molecule has 0 unspecified atom stereocenters. The minimum Gasteiger partial charge on any atom is -0.496 e. The molecule has 0 saturated carbocycles. The lowest BCUT2D eigenvalue weighted by atomic mass is 10.0. The number of carbonyl (C=O) groups excluding carboxylic acids is 2. The molecule has 0 saturated heterocycles. The van der Waals surface area contributed by atoms with E-state index in [1.807, 2.05) is 60.7 Å². The zero-order chi connectivity index (χ0) is 23.0. The number of carbonyl (C=O) groups is 2. The van der Waals surface area contributed by atoms with E-state index < -0.39 is 5.97 Å². The van der Waals surface area contributed by atoms with Crippen molar-refractivity contribution in [3.05, 3.63) is 126 Å². The summed E-state index contributed by atoms with van der Waals surface area (Å²) in [6.07, 6.45) is 3.21. The third-order valence-corrected chi connectivity index (χ3v) is 5.10. The van der Waals surface area contributed by atoms with Crippen LogP contribution >= 0.6 is 0 Å². The van der Waals surface area contributed by atoms with Crippen molar-refractivity contribution in [2.24, 2.45) is 0 Å². The van der Waals surface area contributed by atoms with Crippen molar-refractivity contribution in [2.75, 3.05) is 7.11 Å². The molecule has 0 bridgehead atoms. The molecule has 0 aliphatic carbocycles. The summed E-state index contributed by atoms with van der Waals surface area (Å²) in [6, 6.07) is 31.4. The standard InChI is InChI=1S/C29H22O4/c1-32-28-13-6-5-12-26(28)29(31)33-25-11-7-8-21(20-25)14-19-27(30)24-17-15-23(16-18-24)22-9-3-2-4-10-22/h2-20H,1H3. The van der Waals surface area contributed by atoms with Crippen LogP contribution in [0.1, 0.15) is 26.3 Å². The summed E-state index contributed by atoms with van der Waals surface area (Å²) in [7, 11) is 1.50. The number of hydrogen-bond acceptors (Lipinski definition) is 4. The molecule has 0 spiro atoms.